The Bertz CT molecular complexity index is 1310. The molecule has 3 aromatic carbocycles. The van der Waals surface area contributed by atoms with Crippen LogP contribution in [0.25, 0.3) is 0 Å². The summed E-state index contributed by atoms with van der Waals surface area (Å²) in [6.07, 6.45) is 1.87. The zero-order valence-corrected chi connectivity index (χ0v) is 20.3. The highest BCUT2D eigenvalue weighted by molar-refractivity contribution is 6.37. The molecule has 4 aromatic rings. The Kier molecular flexibility index (Phi) is 8.14. The lowest BCUT2D eigenvalue weighted by Gasteiger charge is -2.24. The average molecular weight is 504 g/mol. The van der Waals surface area contributed by atoms with Gasteiger partial charge in [-0.05, 0) is 53.6 Å². The molecular weight excluding hydrogens is 481 g/mol. The summed E-state index contributed by atoms with van der Waals surface area (Å²) >= 11 is 12.4. The number of benzene rings is 3. The van der Waals surface area contributed by atoms with Gasteiger partial charge in [-0.3, -0.25) is 14.6 Å². The van der Waals surface area contributed by atoms with Gasteiger partial charge in [0.1, 0.15) is 0 Å². The minimum Gasteiger partial charge on any atom is -0.350 e. The quantitative estimate of drug-likeness (QED) is 0.316. The second kappa shape index (κ2) is 11.6. The van der Waals surface area contributed by atoms with Gasteiger partial charge in [0, 0.05) is 16.9 Å². The van der Waals surface area contributed by atoms with E-state index in [4.69, 9.17) is 23.2 Å². The van der Waals surface area contributed by atoms with Gasteiger partial charge >= 0.3 is 0 Å². The summed E-state index contributed by atoms with van der Waals surface area (Å²) in [6.45, 7) is 0.695. The van der Waals surface area contributed by atoms with Crippen LogP contribution >= 0.6 is 23.2 Å². The van der Waals surface area contributed by atoms with Crippen molar-refractivity contribution in [3.63, 3.8) is 0 Å². The first-order valence-corrected chi connectivity index (χ1v) is 11.8. The van der Waals surface area contributed by atoms with Crippen molar-refractivity contribution in [2.45, 2.75) is 19.5 Å². The fraction of sp³-hybridized carbons (Fsp3) is 0.107. The number of pyridine rings is 1. The molecule has 0 bridgehead atoms. The van der Waals surface area contributed by atoms with E-state index in [2.05, 4.69) is 10.3 Å². The normalized spacial score (nSPS) is 10.6. The number of amides is 2. The van der Waals surface area contributed by atoms with Crippen molar-refractivity contribution in [3.05, 3.63) is 130 Å². The zero-order chi connectivity index (χ0) is 24.6. The first kappa shape index (κ1) is 24.5. The maximum Gasteiger partial charge on any atom is 0.260 e. The van der Waals surface area contributed by atoms with Gasteiger partial charge in [-0.1, -0.05) is 71.7 Å². The molecule has 1 heterocycles. The second-order valence-corrected chi connectivity index (χ2v) is 8.79. The maximum atomic E-state index is 13.6. The molecule has 35 heavy (non-hydrogen) atoms. The van der Waals surface area contributed by atoms with Crippen molar-refractivity contribution in [2.75, 3.05) is 4.90 Å². The van der Waals surface area contributed by atoms with E-state index < -0.39 is 0 Å². The summed E-state index contributed by atoms with van der Waals surface area (Å²) in [4.78, 5) is 32.0. The molecule has 7 heteroatoms. The van der Waals surface area contributed by atoms with E-state index in [1.165, 1.54) is 0 Å². The monoisotopic (exact) mass is 503 g/mol. The predicted octanol–water partition coefficient (Wildman–Crippen LogP) is 6.09. The topological polar surface area (TPSA) is 62.3 Å². The van der Waals surface area contributed by atoms with Crippen LogP contribution < -0.4 is 10.2 Å². The second-order valence-electron chi connectivity index (χ2n) is 7.95. The van der Waals surface area contributed by atoms with Gasteiger partial charge in [0.05, 0.1) is 35.8 Å². The number of anilines is 1. The third-order valence-corrected chi connectivity index (χ3v) is 5.92. The first-order valence-electron chi connectivity index (χ1n) is 11.1. The Labute approximate surface area is 214 Å². The molecule has 1 aromatic heterocycles. The maximum absolute atomic E-state index is 13.6. The van der Waals surface area contributed by atoms with E-state index in [0.717, 1.165) is 16.8 Å². The fourth-order valence-corrected chi connectivity index (χ4v) is 4.12. The molecule has 0 fully saturated rings. The number of carbonyl (C=O) groups excluding carboxylic acids is 2. The number of carbonyl (C=O) groups is 2. The van der Waals surface area contributed by atoms with Gasteiger partial charge in [0.25, 0.3) is 5.91 Å². The molecule has 0 radical (unpaired) electrons. The number of halogens is 2. The van der Waals surface area contributed by atoms with Crippen molar-refractivity contribution in [1.82, 2.24) is 10.3 Å². The Hall–Kier alpha value is -3.67. The molecule has 0 saturated carbocycles. The summed E-state index contributed by atoms with van der Waals surface area (Å²) < 4.78 is 0. The lowest BCUT2D eigenvalue weighted by atomic mass is 10.1. The molecule has 0 aliphatic heterocycles. The molecule has 0 unspecified atom stereocenters. The smallest absolute Gasteiger partial charge is 0.260 e. The van der Waals surface area contributed by atoms with E-state index in [-0.39, 0.29) is 23.3 Å². The summed E-state index contributed by atoms with van der Waals surface area (Å²) in [5.41, 5.74) is 3.55. The minimum absolute atomic E-state index is 0.130. The molecule has 1 N–H and O–H groups in total. The third-order valence-electron chi connectivity index (χ3n) is 5.37. The summed E-state index contributed by atoms with van der Waals surface area (Å²) in [5, 5.41) is 3.63. The SMILES string of the molecule is O=C(Cc1cccc(N(Cc2ccccc2)C(=O)c2ccc(Cl)cc2Cl)c1)NCc1ccccn1. The molecule has 0 spiro atoms. The van der Waals surface area contributed by atoms with Crippen LogP contribution in [0.3, 0.4) is 0 Å². The molecular formula is C28H23Cl2N3O2. The molecule has 4 rings (SSSR count). The standard InChI is InChI=1S/C28H23Cl2N3O2/c29-22-12-13-25(26(30)17-22)28(35)33(19-20-7-2-1-3-8-20)24-11-6-9-21(15-24)16-27(34)32-18-23-10-4-5-14-31-23/h1-15,17H,16,18-19H2,(H,32,34). The van der Waals surface area contributed by atoms with Crippen LogP contribution in [0.15, 0.2) is 97.2 Å². The number of nitrogens with zero attached hydrogens (tertiary/aromatic N) is 2. The Morgan fingerprint density at radius 3 is 2.34 bits per heavy atom. The summed E-state index contributed by atoms with van der Waals surface area (Å²) in [5.74, 6) is -0.387. The van der Waals surface area contributed by atoms with E-state index in [0.29, 0.717) is 29.4 Å². The Morgan fingerprint density at radius 2 is 1.60 bits per heavy atom. The Morgan fingerprint density at radius 1 is 0.829 bits per heavy atom. The van der Waals surface area contributed by atoms with E-state index in [1.807, 2.05) is 72.8 Å². The van der Waals surface area contributed by atoms with Crippen molar-refractivity contribution in [1.29, 1.82) is 0 Å². The fourth-order valence-electron chi connectivity index (χ4n) is 3.63. The highest BCUT2D eigenvalue weighted by Gasteiger charge is 2.21. The van der Waals surface area contributed by atoms with Crippen molar-refractivity contribution in [3.8, 4) is 0 Å². The van der Waals surface area contributed by atoms with Crippen LogP contribution in [0.4, 0.5) is 5.69 Å². The van der Waals surface area contributed by atoms with Gasteiger partial charge in [0.15, 0.2) is 0 Å². The van der Waals surface area contributed by atoms with Crippen LogP contribution in [0.1, 0.15) is 27.2 Å². The number of nitrogens with one attached hydrogen (secondary N) is 1. The summed E-state index contributed by atoms with van der Waals surface area (Å²) in [7, 11) is 0. The highest BCUT2D eigenvalue weighted by atomic mass is 35.5. The lowest BCUT2D eigenvalue weighted by Crippen LogP contribution is -2.31. The largest absolute Gasteiger partial charge is 0.350 e. The molecule has 176 valence electrons. The number of hydrogen-bond acceptors (Lipinski definition) is 3. The lowest BCUT2D eigenvalue weighted by molar-refractivity contribution is -0.120. The van der Waals surface area contributed by atoms with Crippen molar-refractivity contribution >= 4 is 40.7 Å². The van der Waals surface area contributed by atoms with Gasteiger partial charge in [0.2, 0.25) is 5.91 Å². The molecule has 0 aliphatic carbocycles. The number of hydrogen-bond donors (Lipinski definition) is 1. The molecule has 0 aliphatic rings. The van der Waals surface area contributed by atoms with Crippen LogP contribution in [0.5, 0.6) is 0 Å². The molecule has 2 amide bonds. The first-order chi connectivity index (χ1) is 17.0. The molecule has 5 nitrogen and oxygen atoms in total. The van der Waals surface area contributed by atoms with Crippen LogP contribution in [-0.2, 0) is 24.3 Å². The predicted molar refractivity (Wildman–Crippen MR) is 140 cm³/mol. The van der Waals surface area contributed by atoms with E-state index in [9.17, 15) is 9.59 Å². The zero-order valence-electron chi connectivity index (χ0n) is 18.8. The van der Waals surface area contributed by atoms with Crippen LogP contribution in [-0.4, -0.2) is 16.8 Å². The van der Waals surface area contributed by atoms with Crippen molar-refractivity contribution < 1.29 is 9.59 Å². The van der Waals surface area contributed by atoms with Crippen LogP contribution in [0, 0.1) is 0 Å². The average Bonchev–Trinajstić information content (AvgIpc) is 2.87. The van der Waals surface area contributed by atoms with Gasteiger partial charge < -0.3 is 10.2 Å². The van der Waals surface area contributed by atoms with Gasteiger partial charge in [-0.15, -0.1) is 0 Å². The molecule has 0 atom stereocenters. The minimum atomic E-state index is -0.257. The van der Waals surface area contributed by atoms with Crippen molar-refractivity contribution in [2.24, 2.45) is 0 Å². The number of rotatable bonds is 8. The third kappa shape index (κ3) is 6.69. The summed E-state index contributed by atoms with van der Waals surface area (Å²) in [6, 6.07) is 27.5. The number of aromatic nitrogens is 1. The van der Waals surface area contributed by atoms with Gasteiger partial charge in [-0.2, -0.15) is 0 Å². The molecule has 0 saturated heterocycles. The van der Waals surface area contributed by atoms with Gasteiger partial charge in [-0.25, -0.2) is 0 Å². The van der Waals surface area contributed by atoms with E-state index >= 15 is 0 Å². The van der Waals surface area contributed by atoms with Crippen LogP contribution in [0.2, 0.25) is 10.0 Å². The Balaban J connectivity index is 1.56. The van der Waals surface area contributed by atoms with E-state index in [1.54, 1.807) is 29.3 Å². The highest BCUT2D eigenvalue weighted by Crippen LogP contribution is 2.27.